The number of methoxy groups -OCH3 is 1. The molecule has 0 saturated carbocycles. The summed E-state index contributed by atoms with van der Waals surface area (Å²) in [5.41, 5.74) is 0. The molecular formula is C18H30N4O3. The van der Waals surface area contributed by atoms with E-state index in [2.05, 4.69) is 19.4 Å². The Balaban J connectivity index is 1.43. The lowest BCUT2D eigenvalue weighted by atomic mass is 9.93. The zero-order chi connectivity index (χ0) is 17.6. The summed E-state index contributed by atoms with van der Waals surface area (Å²) in [5, 5.41) is 9.13. The molecule has 1 aromatic heterocycles. The molecule has 7 nitrogen and oxygen atoms in total. The minimum atomic E-state index is -0.626. The van der Waals surface area contributed by atoms with E-state index in [1.807, 2.05) is 12.4 Å². The fourth-order valence-corrected chi connectivity index (χ4v) is 4.04. The van der Waals surface area contributed by atoms with Crippen LogP contribution in [0.25, 0.3) is 0 Å². The number of hydrogen-bond donors (Lipinski definition) is 1. The molecule has 0 unspecified atom stereocenters. The topological polar surface area (TPSA) is 70.8 Å². The first-order valence-corrected chi connectivity index (χ1v) is 9.35. The largest absolute Gasteiger partial charge is 0.481 e. The highest BCUT2D eigenvalue weighted by Gasteiger charge is 2.30. The van der Waals surface area contributed by atoms with E-state index in [4.69, 9.17) is 9.84 Å². The van der Waals surface area contributed by atoms with Gasteiger partial charge in [-0.1, -0.05) is 0 Å². The first-order valence-electron chi connectivity index (χ1n) is 9.35. The molecular weight excluding hydrogens is 320 g/mol. The molecule has 1 aromatic rings. The third kappa shape index (κ3) is 4.80. The van der Waals surface area contributed by atoms with Crippen molar-refractivity contribution < 1.29 is 14.6 Å². The van der Waals surface area contributed by atoms with Gasteiger partial charge in [-0.05, 0) is 38.8 Å². The van der Waals surface area contributed by atoms with E-state index < -0.39 is 5.97 Å². The van der Waals surface area contributed by atoms with Crippen LogP contribution in [0.15, 0.2) is 12.4 Å². The van der Waals surface area contributed by atoms with Crippen molar-refractivity contribution in [2.24, 2.45) is 5.92 Å². The maximum Gasteiger partial charge on any atom is 0.306 e. The Hall–Kier alpha value is -1.44. The Kier molecular flexibility index (Phi) is 6.45. The number of aromatic nitrogens is 2. The van der Waals surface area contributed by atoms with Crippen LogP contribution in [-0.2, 0) is 22.6 Å². The van der Waals surface area contributed by atoms with Crippen LogP contribution in [0.4, 0.5) is 0 Å². The van der Waals surface area contributed by atoms with Gasteiger partial charge in [0.15, 0.2) is 0 Å². The van der Waals surface area contributed by atoms with Gasteiger partial charge in [-0.2, -0.15) is 0 Å². The van der Waals surface area contributed by atoms with Crippen LogP contribution >= 0.6 is 0 Å². The molecule has 0 atom stereocenters. The Labute approximate surface area is 149 Å². The van der Waals surface area contributed by atoms with E-state index in [0.29, 0.717) is 12.6 Å². The molecule has 3 heterocycles. The zero-order valence-corrected chi connectivity index (χ0v) is 15.1. The number of hydrogen-bond acceptors (Lipinski definition) is 5. The quantitative estimate of drug-likeness (QED) is 0.799. The third-order valence-corrected chi connectivity index (χ3v) is 5.66. The number of likely N-dealkylation sites (tertiary alicyclic amines) is 2. The van der Waals surface area contributed by atoms with Gasteiger partial charge in [0.1, 0.15) is 5.82 Å². The predicted octanol–water partition coefficient (Wildman–Crippen LogP) is 1.29. The number of carboxylic acid groups (broad SMARTS) is 1. The van der Waals surface area contributed by atoms with Gasteiger partial charge < -0.3 is 19.3 Å². The molecule has 140 valence electrons. The van der Waals surface area contributed by atoms with E-state index in [1.54, 1.807) is 7.11 Å². The lowest BCUT2D eigenvalue weighted by Crippen LogP contribution is -2.48. The molecule has 0 spiro atoms. The highest BCUT2D eigenvalue weighted by molar-refractivity contribution is 5.70. The summed E-state index contributed by atoms with van der Waals surface area (Å²) < 4.78 is 7.33. The number of imidazole rings is 1. The summed E-state index contributed by atoms with van der Waals surface area (Å²) in [4.78, 5) is 20.6. The van der Waals surface area contributed by atoms with Gasteiger partial charge >= 0.3 is 5.97 Å². The van der Waals surface area contributed by atoms with Gasteiger partial charge in [0.05, 0.1) is 19.1 Å². The fraction of sp³-hybridized carbons (Fsp3) is 0.778. The summed E-state index contributed by atoms with van der Waals surface area (Å²) in [7, 11) is 1.72. The van der Waals surface area contributed by atoms with Crippen LogP contribution in [-0.4, -0.2) is 76.4 Å². The van der Waals surface area contributed by atoms with Crippen molar-refractivity contribution in [1.29, 1.82) is 0 Å². The molecule has 0 amide bonds. The second-order valence-electron chi connectivity index (χ2n) is 7.19. The molecule has 2 fully saturated rings. The standard InChI is InChI=1S/C18H30N4O3/c1-25-13-12-22-11-6-19-17(22)14-20-7-4-16(5-8-20)21-9-2-15(3-10-21)18(23)24/h6,11,15-16H,2-5,7-10,12-14H2,1H3,(H,23,24). The number of ether oxygens (including phenoxy) is 1. The van der Waals surface area contributed by atoms with Crippen LogP contribution < -0.4 is 0 Å². The lowest BCUT2D eigenvalue weighted by molar-refractivity contribution is -0.143. The second kappa shape index (κ2) is 8.78. The average molecular weight is 350 g/mol. The van der Waals surface area contributed by atoms with Crippen molar-refractivity contribution in [3.05, 3.63) is 18.2 Å². The summed E-state index contributed by atoms with van der Waals surface area (Å²) in [5.74, 6) is 0.346. The Morgan fingerprint density at radius 3 is 2.60 bits per heavy atom. The smallest absolute Gasteiger partial charge is 0.306 e. The van der Waals surface area contributed by atoms with E-state index in [9.17, 15) is 4.79 Å². The zero-order valence-electron chi connectivity index (χ0n) is 15.1. The summed E-state index contributed by atoms with van der Waals surface area (Å²) in [6, 6.07) is 0.610. The molecule has 2 aliphatic rings. The van der Waals surface area contributed by atoms with Gasteiger partial charge in [0.25, 0.3) is 0 Å². The van der Waals surface area contributed by atoms with Gasteiger partial charge in [-0.3, -0.25) is 9.69 Å². The van der Waals surface area contributed by atoms with Gasteiger partial charge in [0.2, 0.25) is 0 Å². The SMILES string of the molecule is COCCn1ccnc1CN1CCC(N2CCC(C(=O)O)CC2)CC1. The van der Waals surface area contributed by atoms with Gasteiger partial charge in [-0.15, -0.1) is 0 Å². The summed E-state index contributed by atoms with van der Waals surface area (Å²) in [6.07, 6.45) is 7.81. The Bertz CT molecular complexity index is 546. The van der Waals surface area contributed by atoms with Gasteiger partial charge in [-0.25, -0.2) is 4.98 Å². The minimum absolute atomic E-state index is 0.137. The van der Waals surface area contributed by atoms with Crippen molar-refractivity contribution in [2.75, 3.05) is 39.9 Å². The van der Waals surface area contributed by atoms with Gasteiger partial charge in [0, 0.05) is 45.2 Å². The first kappa shape index (κ1) is 18.4. The second-order valence-corrected chi connectivity index (χ2v) is 7.19. The molecule has 0 aromatic carbocycles. The van der Waals surface area contributed by atoms with Crippen molar-refractivity contribution in [1.82, 2.24) is 19.4 Å². The number of carbonyl (C=O) groups is 1. The highest BCUT2D eigenvalue weighted by atomic mass is 16.5. The van der Waals surface area contributed by atoms with Crippen LogP contribution in [0.5, 0.6) is 0 Å². The van der Waals surface area contributed by atoms with E-state index >= 15 is 0 Å². The highest BCUT2D eigenvalue weighted by Crippen LogP contribution is 2.24. The van der Waals surface area contributed by atoms with Crippen molar-refractivity contribution in [2.45, 2.75) is 44.8 Å². The molecule has 3 rings (SSSR count). The number of carboxylic acids is 1. The van der Waals surface area contributed by atoms with Crippen LogP contribution in [0.2, 0.25) is 0 Å². The molecule has 0 bridgehead atoms. The van der Waals surface area contributed by atoms with E-state index in [0.717, 1.165) is 70.8 Å². The fourth-order valence-electron chi connectivity index (χ4n) is 4.04. The number of aliphatic carboxylic acids is 1. The maximum absolute atomic E-state index is 11.1. The van der Waals surface area contributed by atoms with Crippen LogP contribution in [0.3, 0.4) is 0 Å². The first-order chi connectivity index (χ1) is 12.2. The normalized spacial score (nSPS) is 21.6. The molecule has 25 heavy (non-hydrogen) atoms. The Morgan fingerprint density at radius 1 is 1.24 bits per heavy atom. The number of piperidine rings is 2. The monoisotopic (exact) mass is 350 g/mol. The molecule has 7 heteroatoms. The average Bonchev–Trinajstić information content (AvgIpc) is 3.07. The van der Waals surface area contributed by atoms with Crippen LogP contribution in [0, 0.1) is 5.92 Å². The lowest BCUT2D eigenvalue weighted by Gasteiger charge is -2.41. The Morgan fingerprint density at radius 2 is 1.96 bits per heavy atom. The maximum atomic E-state index is 11.1. The third-order valence-electron chi connectivity index (χ3n) is 5.66. The molecule has 2 saturated heterocycles. The molecule has 0 aliphatic carbocycles. The predicted molar refractivity (Wildman–Crippen MR) is 94.3 cm³/mol. The van der Waals surface area contributed by atoms with Crippen molar-refractivity contribution in [3.63, 3.8) is 0 Å². The molecule has 0 radical (unpaired) electrons. The van der Waals surface area contributed by atoms with E-state index in [1.165, 1.54) is 0 Å². The molecule has 2 aliphatic heterocycles. The van der Waals surface area contributed by atoms with E-state index in [-0.39, 0.29) is 5.92 Å². The number of nitrogens with zero attached hydrogens (tertiary/aromatic N) is 4. The minimum Gasteiger partial charge on any atom is -0.481 e. The summed E-state index contributed by atoms with van der Waals surface area (Å²) >= 11 is 0. The summed E-state index contributed by atoms with van der Waals surface area (Å²) in [6.45, 7) is 6.48. The number of rotatable bonds is 7. The van der Waals surface area contributed by atoms with Crippen molar-refractivity contribution in [3.8, 4) is 0 Å². The van der Waals surface area contributed by atoms with Crippen LogP contribution in [0.1, 0.15) is 31.5 Å². The van der Waals surface area contributed by atoms with Crippen molar-refractivity contribution >= 4 is 5.97 Å². The molecule has 1 N–H and O–H groups in total.